The number of halogens is 3. The Labute approximate surface area is 143 Å². The van der Waals surface area contributed by atoms with Crippen LogP contribution in [0, 0.1) is 0 Å². The Kier molecular flexibility index (Phi) is 8.20. The zero-order valence-electron chi connectivity index (χ0n) is 13.7. The summed E-state index contributed by atoms with van der Waals surface area (Å²) in [6.07, 6.45) is -4.00. The van der Waals surface area contributed by atoms with Crippen LogP contribution in [0.1, 0.15) is 36.4 Å². The first kappa shape index (κ1) is 20.8. The van der Waals surface area contributed by atoms with Crippen LogP contribution in [0.25, 0.3) is 0 Å². The number of aliphatic carboxylic acids is 1. The van der Waals surface area contributed by atoms with Crippen LogP contribution in [0.2, 0.25) is 0 Å². The lowest BCUT2D eigenvalue weighted by molar-refractivity contribution is -0.138. The van der Waals surface area contributed by atoms with E-state index in [1.807, 2.05) is 0 Å². The number of benzene rings is 1. The number of carboxylic acid groups (broad SMARTS) is 1. The Bertz CT molecular complexity index is 579. The average Bonchev–Trinajstić information content (AvgIpc) is 2.54. The maximum atomic E-state index is 12.8. The van der Waals surface area contributed by atoms with E-state index in [9.17, 15) is 22.8 Å². The summed E-state index contributed by atoms with van der Waals surface area (Å²) in [6.45, 7) is 0.401. The van der Waals surface area contributed by atoms with Crippen molar-refractivity contribution in [2.24, 2.45) is 0 Å². The van der Waals surface area contributed by atoms with Gasteiger partial charge in [-0.15, -0.1) is 0 Å². The quantitative estimate of drug-likeness (QED) is 0.590. The second kappa shape index (κ2) is 9.87. The minimum atomic E-state index is -4.47. The number of nitrogens with one attached hydrogen (secondary N) is 2. The van der Waals surface area contributed by atoms with Crippen molar-refractivity contribution in [3.63, 3.8) is 0 Å². The molecule has 3 N–H and O–H groups in total. The minimum absolute atomic E-state index is 0.0823. The molecule has 0 aliphatic rings. The Morgan fingerprint density at radius 2 is 2.04 bits per heavy atom. The van der Waals surface area contributed by atoms with Gasteiger partial charge < -0.3 is 20.5 Å². The van der Waals surface area contributed by atoms with Gasteiger partial charge in [0, 0.05) is 26.7 Å². The summed E-state index contributed by atoms with van der Waals surface area (Å²) < 4.78 is 43.5. The molecule has 1 atom stereocenters. The third-order valence-corrected chi connectivity index (χ3v) is 3.39. The van der Waals surface area contributed by atoms with Gasteiger partial charge in [0.2, 0.25) is 0 Å². The molecule has 0 spiro atoms. The van der Waals surface area contributed by atoms with Gasteiger partial charge in [-0.3, -0.25) is 4.79 Å². The number of hydrogen-bond donors (Lipinski definition) is 3. The molecule has 1 rings (SSSR count). The van der Waals surface area contributed by atoms with Crippen molar-refractivity contribution in [2.75, 3.05) is 20.3 Å². The molecule has 0 fully saturated rings. The molecule has 140 valence electrons. The lowest BCUT2D eigenvalue weighted by Crippen LogP contribution is -2.39. The van der Waals surface area contributed by atoms with Gasteiger partial charge in [-0.25, -0.2) is 4.79 Å². The number of carbonyl (C=O) groups is 2. The Hall–Kier alpha value is -2.29. The third-order valence-electron chi connectivity index (χ3n) is 3.39. The maximum absolute atomic E-state index is 12.8. The van der Waals surface area contributed by atoms with Crippen LogP contribution in [-0.4, -0.2) is 37.4 Å². The van der Waals surface area contributed by atoms with Crippen molar-refractivity contribution in [3.8, 4) is 0 Å². The molecule has 25 heavy (non-hydrogen) atoms. The highest BCUT2D eigenvalue weighted by molar-refractivity contribution is 5.74. The maximum Gasteiger partial charge on any atom is 0.416 e. The second-order valence-corrected chi connectivity index (χ2v) is 5.35. The molecular formula is C16H21F3N2O4. The van der Waals surface area contributed by atoms with E-state index in [1.165, 1.54) is 19.2 Å². The molecule has 0 saturated carbocycles. The molecular weight excluding hydrogens is 341 g/mol. The summed E-state index contributed by atoms with van der Waals surface area (Å²) in [7, 11) is 1.45. The molecule has 9 heteroatoms. The zero-order valence-corrected chi connectivity index (χ0v) is 13.7. The van der Waals surface area contributed by atoms with Crippen molar-refractivity contribution in [1.82, 2.24) is 10.6 Å². The summed E-state index contributed by atoms with van der Waals surface area (Å²) in [6, 6.07) is 3.49. The molecule has 0 aliphatic heterocycles. The summed E-state index contributed by atoms with van der Waals surface area (Å²) in [4.78, 5) is 22.3. The Morgan fingerprint density at radius 3 is 2.64 bits per heavy atom. The molecule has 1 aromatic carbocycles. The topological polar surface area (TPSA) is 87.7 Å². The molecule has 6 nitrogen and oxygen atoms in total. The highest BCUT2D eigenvalue weighted by Gasteiger charge is 2.31. The summed E-state index contributed by atoms with van der Waals surface area (Å²) in [5.41, 5.74) is -0.483. The van der Waals surface area contributed by atoms with Crippen LogP contribution in [0.3, 0.4) is 0 Å². The van der Waals surface area contributed by atoms with Gasteiger partial charge >= 0.3 is 18.2 Å². The number of amides is 2. The van der Waals surface area contributed by atoms with Gasteiger partial charge in [0.15, 0.2) is 0 Å². The fourth-order valence-electron chi connectivity index (χ4n) is 2.14. The van der Waals surface area contributed by atoms with Crippen LogP contribution in [-0.2, 0) is 15.7 Å². The Morgan fingerprint density at radius 1 is 1.32 bits per heavy atom. The largest absolute Gasteiger partial charge is 0.481 e. The third kappa shape index (κ3) is 7.88. The van der Waals surface area contributed by atoms with Crippen molar-refractivity contribution in [2.45, 2.75) is 31.5 Å². The van der Waals surface area contributed by atoms with Crippen molar-refractivity contribution < 1.29 is 32.6 Å². The van der Waals surface area contributed by atoms with Crippen LogP contribution in [0.4, 0.5) is 18.0 Å². The molecule has 0 heterocycles. The first-order valence-electron chi connectivity index (χ1n) is 7.66. The van der Waals surface area contributed by atoms with Gasteiger partial charge in [0.25, 0.3) is 0 Å². The molecule has 0 aromatic heterocycles. The summed E-state index contributed by atoms with van der Waals surface area (Å²) in [5, 5.41) is 13.6. The highest BCUT2D eigenvalue weighted by atomic mass is 19.4. The first-order valence-corrected chi connectivity index (χ1v) is 7.66. The molecule has 1 aromatic rings. The molecule has 0 bridgehead atoms. The van der Waals surface area contributed by atoms with E-state index >= 15 is 0 Å². The monoisotopic (exact) mass is 362 g/mol. The number of hydrogen-bond acceptors (Lipinski definition) is 3. The van der Waals surface area contributed by atoms with Crippen LogP contribution in [0.5, 0.6) is 0 Å². The van der Waals surface area contributed by atoms with Gasteiger partial charge in [-0.05, 0) is 30.5 Å². The van der Waals surface area contributed by atoms with Gasteiger partial charge in [0.1, 0.15) is 0 Å². The van der Waals surface area contributed by atoms with E-state index in [0.717, 1.165) is 12.1 Å². The first-order chi connectivity index (χ1) is 11.7. The van der Waals surface area contributed by atoms with E-state index in [1.54, 1.807) is 0 Å². The number of ether oxygens (including phenoxy) is 1. The number of alkyl halides is 3. The van der Waals surface area contributed by atoms with Gasteiger partial charge in [-0.1, -0.05) is 12.1 Å². The predicted octanol–water partition coefficient (Wildman–Crippen LogP) is 2.95. The number of rotatable bonds is 9. The van der Waals surface area contributed by atoms with E-state index in [-0.39, 0.29) is 26.0 Å². The van der Waals surface area contributed by atoms with Crippen LogP contribution >= 0.6 is 0 Å². The van der Waals surface area contributed by atoms with Crippen molar-refractivity contribution >= 4 is 12.0 Å². The number of methoxy groups -OCH3 is 1. The van der Waals surface area contributed by atoms with E-state index in [0.29, 0.717) is 12.0 Å². The molecule has 0 aliphatic carbocycles. The fraction of sp³-hybridized carbons (Fsp3) is 0.500. The number of carboxylic acids is 1. The van der Waals surface area contributed by atoms with E-state index in [2.05, 4.69) is 10.6 Å². The summed E-state index contributed by atoms with van der Waals surface area (Å²) in [5.74, 6) is -0.968. The fourth-order valence-corrected chi connectivity index (χ4v) is 2.14. The van der Waals surface area contributed by atoms with Crippen molar-refractivity contribution in [1.29, 1.82) is 0 Å². The van der Waals surface area contributed by atoms with E-state index < -0.39 is 29.8 Å². The van der Waals surface area contributed by atoms with E-state index in [4.69, 9.17) is 9.84 Å². The summed E-state index contributed by atoms with van der Waals surface area (Å²) >= 11 is 0. The predicted molar refractivity (Wildman–Crippen MR) is 84.1 cm³/mol. The Balaban J connectivity index is 2.73. The number of carbonyl (C=O) groups excluding carboxylic acids is 1. The molecule has 0 saturated heterocycles. The van der Waals surface area contributed by atoms with Gasteiger partial charge in [-0.2, -0.15) is 13.2 Å². The zero-order chi connectivity index (χ0) is 18.9. The lowest BCUT2D eigenvalue weighted by atomic mass is 10.0. The average molecular weight is 362 g/mol. The van der Waals surface area contributed by atoms with Crippen molar-refractivity contribution in [3.05, 3.63) is 35.4 Å². The molecule has 0 radical (unpaired) electrons. The highest BCUT2D eigenvalue weighted by Crippen LogP contribution is 2.31. The smallest absolute Gasteiger partial charge is 0.416 e. The standard InChI is InChI=1S/C16H21F3N2O4/c1-25-9-7-13(21-15(24)20-8-3-6-14(22)23)11-4-2-5-12(10-11)16(17,18)19/h2,4-5,10,13H,3,6-9H2,1H3,(H,22,23)(H2,20,21,24). The second-order valence-electron chi connectivity index (χ2n) is 5.35. The lowest BCUT2D eigenvalue weighted by Gasteiger charge is -2.20. The van der Waals surface area contributed by atoms with Crippen LogP contribution < -0.4 is 10.6 Å². The minimum Gasteiger partial charge on any atom is -0.481 e. The van der Waals surface area contributed by atoms with Gasteiger partial charge in [0.05, 0.1) is 11.6 Å². The SMILES string of the molecule is COCCC(NC(=O)NCCCC(=O)O)c1cccc(C(F)(F)F)c1. The molecule has 2 amide bonds. The number of urea groups is 1. The van der Waals surface area contributed by atoms with Crippen LogP contribution in [0.15, 0.2) is 24.3 Å². The normalized spacial score (nSPS) is 12.5. The molecule has 1 unspecified atom stereocenters.